The maximum absolute atomic E-state index is 8.83. The van der Waals surface area contributed by atoms with E-state index in [0.717, 1.165) is 0 Å². The Bertz CT molecular complexity index is 523. The van der Waals surface area contributed by atoms with Gasteiger partial charge < -0.3 is 10.5 Å². The number of fused-ring (bicyclic) bond motifs is 1. The van der Waals surface area contributed by atoms with E-state index in [2.05, 4.69) is 4.98 Å². The molecule has 0 fully saturated rings. The molecule has 0 saturated carbocycles. The predicted octanol–water partition coefficient (Wildman–Crippen LogP) is 0.797. The van der Waals surface area contributed by atoms with Crippen molar-refractivity contribution >= 4 is 11.5 Å². The normalized spacial score (nSPS) is 10.0. The van der Waals surface area contributed by atoms with Gasteiger partial charge in [0.15, 0.2) is 0 Å². The second-order valence-electron chi connectivity index (χ2n) is 2.74. The van der Waals surface area contributed by atoms with E-state index in [1.807, 2.05) is 6.07 Å². The highest BCUT2D eigenvalue weighted by Gasteiger charge is 2.10. The minimum absolute atomic E-state index is 0.417. The van der Waals surface area contributed by atoms with Gasteiger partial charge in [-0.1, -0.05) is 0 Å². The molecule has 0 unspecified atom stereocenters. The molecule has 2 N–H and O–H groups in total. The smallest absolute Gasteiger partial charge is 0.219 e. The highest BCUT2D eigenvalue weighted by Crippen LogP contribution is 2.22. The van der Waals surface area contributed by atoms with Gasteiger partial charge in [0.05, 0.1) is 13.3 Å². The van der Waals surface area contributed by atoms with E-state index in [4.69, 9.17) is 15.7 Å². The van der Waals surface area contributed by atoms with Crippen LogP contribution < -0.4 is 10.5 Å². The fourth-order valence-electron chi connectivity index (χ4n) is 1.35. The summed E-state index contributed by atoms with van der Waals surface area (Å²) in [4.78, 5) is 4.05. The summed E-state index contributed by atoms with van der Waals surface area (Å²) >= 11 is 0. The Morgan fingerprint density at radius 1 is 1.57 bits per heavy atom. The number of rotatable bonds is 1. The van der Waals surface area contributed by atoms with Crippen molar-refractivity contribution in [3.05, 3.63) is 23.9 Å². The Hall–Kier alpha value is -2.22. The number of hydrogen-bond donors (Lipinski definition) is 1. The highest BCUT2D eigenvalue weighted by molar-refractivity contribution is 5.56. The van der Waals surface area contributed by atoms with Gasteiger partial charge in [-0.2, -0.15) is 5.26 Å². The van der Waals surface area contributed by atoms with Crippen LogP contribution in [0.3, 0.4) is 0 Å². The van der Waals surface area contributed by atoms with Gasteiger partial charge >= 0.3 is 0 Å². The molecule has 0 spiro atoms. The number of nitrogens with two attached hydrogens (primary N) is 1. The molecular weight excluding hydrogens is 180 g/mol. The molecule has 0 bridgehead atoms. The first kappa shape index (κ1) is 8.38. The van der Waals surface area contributed by atoms with Gasteiger partial charge in [0.1, 0.15) is 23.1 Å². The average molecular weight is 188 g/mol. The third-order valence-corrected chi connectivity index (χ3v) is 1.96. The molecule has 0 aliphatic rings. The van der Waals surface area contributed by atoms with Crippen LogP contribution in [0.1, 0.15) is 5.56 Å². The van der Waals surface area contributed by atoms with Gasteiger partial charge in [-0.05, 0) is 12.1 Å². The van der Waals surface area contributed by atoms with Gasteiger partial charge in [-0.25, -0.2) is 9.38 Å². The molecule has 0 aliphatic carbocycles. The van der Waals surface area contributed by atoms with E-state index in [1.54, 1.807) is 16.5 Å². The number of pyridine rings is 1. The van der Waals surface area contributed by atoms with Crippen molar-refractivity contribution in [2.24, 2.45) is 0 Å². The zero-order valence-electron chi connectivity index (χ0n) is 7.56. The maximum Gasteiger partial charge on any atom is 0.219 e. The number of anilines is 1. The lowest BCUT2D eigenvalue weighted by Crippen LogP contribution is -2.00. The van der Waals surface area contributed by atoms with E-state index < -0.39 is 0 Å². The third kappa shape index (κ3) is 0.977. The van der Waals surface area contributed by atoms with Crippen LogP contribution in [-0.4, -0.2) is 16.5 Å². The summed E-state index contributed by atoms with van der Waals surface area (Å²) in [6.45, 7) is 0. The quantitative estimate of drug-likeness (QED) is 0.718. The van der Waals surface area contributed by atoms with Crippen molar-refractivity contribution < 1.29 is 4.74 Å². The molecule has 0 radical (unpaired) electrons. The first-order chi connectivity index (χ1) is 6.77. The highest BCUT2D eigenvalue weighted by atomic mass is 16.5. The molecule has 2 aromatic heterocycles. The van der Waals surface area contributed by atoms with Crippen LogP contribution >= 0.6 is 0 Å². The summed E-state index contributed by atoms with van der Waals surface area (Å²) in [5.74, 6) is 0.869. The molecule has 0 saturated heterocycles. The van der Waals surface area contributed by atoms with Crippen molar-refractivity contribution in [2.75, 3.05) is 12.8 Å². The Morgan fingerprint density at radius 3 is 3.00 bits per heavy atom. The number of aromatic nitrogens is 2. The fraction of sp³-hybridized carbons (Fsp3) is 0.111. The van der Waals surface area contributed by atoms with Gasteiger partial charge in [-0.3, -0.25) is 0 Å². The van der Waals surface area contributed by atoms with Gasteiger partial charge in [-0.15, -0.1) is 0 Å². The van der Waals surface area contributed by atoms with Gasteiger partial charge in [0.25, 0.3) is 0 Å². The van der Waals surface area contributed by atoms with Crippen molar-refractivity contribution in [1.82, 2.24) is 9.38 Å². The van der Waals surface area contributed by atoms with Crippen LogP contribution in [0.4, 0.5) is 5.82 Å². The topological polar surface area (TPSA) is 76.3 Å². The number of methoxy groups -OCH3 is 1. The van der Waals surface area contributed by atoms with Crippen LogP contribution in [0.15, 0.2) is 18.3 Å². The molecule has 0 amide bonds. The second-order valence-corrected chi connectivity index (χ2v) is 2.74. The number of ether oxygens (including phenoxy) is 1. The monoisotopic (exact) mass is 188 g/mol. The predicted molar refractivity (Wildman–Crippen MR) is 50.9 cm³/mol. The lowest BCUT2D eigenvalue weighted by Gasteiger charge is -2.06. The summed E-state index contributed by atoms with van der Waals surface area (Å²) in [6.07, 6.45) is 1.53. The van der Waals surface area contributed by atoms with E-state index >= 15 is 0 Å². The molecule has 0 atom stereocenters. The van der Waals surface area contributed by atoms with Crippen molar-refractivity contribution in [3.8, 4) is 11.9 Å². The Kier molecular flexibility index (Phi) is 1.75. The minimum Gasteiger partial charge on any atom is -0.481 e. The van der Waals surface area contributed by atoms with Gasteiger partial charge in [0.2, 0.25) is 5.88 Å². The first-order valence-electron chi connectivity index (χ1n) is 3.98. The number of nitrogens with zero attached hydrogens (tertiary/aromatic N) is 3. The summed E-state index contributed by atoms with van der Waals surface area (Å²) in [6, 6.07) is 5.40. The molecule has 2 heterocycles. The van der Waals surface area contributed by atoms with E-state index in [-0.39, 0.29) is 0 Å². The van der Waals surface area contributed by atoms with Crippen LogP contribution in [-0.2, 0) is 0 Å². The lowest BCUT2D eigenvalue weighted by molar-refractivity contribution is 0.392. The molecule has 0 aromatic carbocycles. The number of hydrogen-bond acceptors (Lipinski definition) is 4. The zero-order chi connectivity index (χ0) is 10.1. The summed E-state index contributed by atoms with van der Waals surface area (Å²) in [5, 5.41) is 8.83. The zero-order valence-corrected chi connectivity index (χ0v) is 7.56. The molecular formula is C9H8N4O. The van der Waals surface area contributed by atoms with Gasteiger partial charge in [0, 0.05) is 0 Å². The van der Waals surface area contributed by atoms with E-state index in [0.29, 0.717) is 22.9 Å². The average Bonchev–Trinajstić information content (AvgIpc) is 2.59. The SMILES string of the molecule is COc1c(C#N)ccc2ncc(N)n12. The summed E-state index contributed by atoms with van der Waals surface area (Å²) in [5.41, 5.74) is 6.79. The Labute approximate surface area is 80.3 Å². The molecule has 0 aliphatic heterocycles. The van der Waals surface area contributed by atoms with E-state index in [1.165, 1.54) is 13.3 Å². The molecule has 70 valence electrons. The maximum atomic E-state index is 8.83. The second kappa shape index (κ2) is 2.92. The van der Waals surface area contributed by atoms with Crippen molar-refractivity contribution in [3.63, 3.8) is 0 Å². The number of nitrogen functional groups attached to an aromatic ring is 1. The molecule has 2 rings (SSSR count). The van der Waals surface area contributed by atoms with Crippen LogP contribution in [0.25, 0.3) is 5.65 Å². The van der Waals surface area contributed by atoms with Crippen LogP contribution in [0.2, 0.25) is 0 Å². The lowest BCUT2D eigenvalue weighted by atomic mass is 10.3. The molecule has 5 heteroatoms. The van der Waals surface area contributed by atoms with Crippen molar-refractivity contribution in [1.29, 1.82) is 5.26 Å². The summed E-state index contributed by atoms with van der Waals surface area (Å²) < 4.78 is 6.70. The van der Waals surface area contributed by atoms with Crippen molar-refractivity contribution in [2.45, 2.75) is 0 Å². The Balaban J connectivity index is 2.89. The number of imidazole rings is 1. The van der Waals surface area contributed by atoms with Crippen LogP contribution in [0, 0.1) is 11.3 Å². The standard InChI is InChI=1S/C9H8N4O/c1-14-9-6(4-10)2-3-8-12-5-7(11)13(8)9/h2-3,5H,11H2,1H3. The molecule has 2 aromatic rings. The Morgan fingerprint density at radius 2 is 2.36 bits per heavy atom. The third-order valence-electron chi connectivity index (χ3n) is 1.96. The first-order valence-corrected chi connectivity index (χ1v) is 3.98. The minimum atomic E-state index is 0.417. The molecule has 14 heavy (non-hydrogen) atoms. The van der Waals surface area contributed by atoms with Crippen LogP contribution in [0.5, 0.6) is 5.88 Å². The number of nitriles is 1. The summed E-state index contributed by atoms with van der Waals surface area (Å²) in [7, 11) is 1.50. The largest absolute Gasteiger partial charge is 0.481 e. The fourth-order valence-corrected chi connectivity index (χ4v) is 1.35. The van der Waals surface area contributed by atoms with E-state index in [9.17, 15) is 0 Å². The molecule has 5 nitrogen and oxygen atoms in total.